The number of fused-ring (bicyclic) bond motifs is 2. The average molecular weight is 926 g/mol. The number of nitrogens with two attached hydrogens (primary N) is 1. The number of aliphatic hydroxyl groups is 10. The van der Waals surface area contributed by atoms with Gasteiger partial charge in [-0.15, -0.1) is 0 Å². The van der Waals surface area contributed by atoms with Crippen molar-refractivity contribution in [1.29, 1.82) is 0 Å². The maximum absolute atomic E-state index is 12.6. The molecule has 0 aromatic heterocycles. The van der Waals surface area contributed by atoms with Crippen molar-refractivity contribution < 1.29 is 84.7 Å². The summed E-state index contributed by atoms with van der Waals surface area (Å²) in [6.45, 7) is 6.78. The van der Waals surface area contributed by atoms with E-state index in [0.717, 1.165) is 12.8 Å². The molecule has 370 valence electrons. The standard InChI is InChI=1S/C47H75NO17/c1-27-17-15-13-11-9-7-5-6-8-10-12-14-16-18-34(64-46-44(58)41(48)43(57)30(4)63-46)24-38-40(45(59)60)37(54)26-47(61,65-38)25-33(51)22-36(53)35(52)20-19-31(49)21-32(50)23-39(55)62-29(3)28(2)42(27)56/h5-6,8,10-18,27-38,40-44,46,49-54,56-58,61H,7,9,19-26,48H2,1-4H3,(H,59,60)/t27-,28?,29-,30+,31+,32+,33-,34-,35+,36+,37-,38?,40?,41-,42+,43+,44-,46?,47+/m0/s1. The SMILES string of the molecule is CC1[C@H](C)OC(=O)C[C@H](O)C[C@H](O)CC[C@@H](O)[C@H](O)C[C@H](O)C[C@]2(O)C[C@H](O)C(C(=O)O)C(C[C@@H](OC3O[C@H](C)[C@@H](O)[C@H](N)[C@@H]3O)C=CC=CC=CC=CCCC=CC=C[C@H](C)[C@H]1O)O2. The molecule has 3 aliphatic rings. The van der Waals surface area contributed by atoms with Gasteiger partial charge in [0.1, 0.15) is 18.1 Å². The lowest BCUT2D eigenvalue weighted by Crippen LogP contribution is -2.61. The van der Waals surface area contributed by atoms with Crippen LogP contribution in [0, 0.1) is 17.8 Å². The number of rotatable bonds is 3. The summed E-state index contributed by atoms with van der Waals surface area (Å²) in [5.41, 5.74) is 6.02. The van der Waals surface area contributed by atoms with Crippen LogP contribution >= 0.6 is 0 Å². The Kier molecular flexibility index (Phi) is 23.8. The summed E-state index contributed by atoms with van der Waals surface area (Å²) in [6, 6.07) is -1.14. The van der Waals surface area contributed by atoms with Gasteiger partial charge in [-0.25, -0.2) is 0 Å². The minimum atomic E-state index is -2.32. The van der Waals surface area contributed by atoms with Crippen molar-refractivity contribution in [3.63, 3.8) is 0 Å². The first-order chi connectivity index (χ1) is 30.6. The topological polar surface area (TPSA) is 320 Å². The van der Waals surface area contributed by atoms with Crippen molar-refractivity contribution in [2.24, 2.45) is 23.5 Å². The zero-order chi connectivity index (χ0) is 48.4. The molecule has 18 nitrogen and oxygen atoms in total. The van der Waals surface area contributed by atoms with Crippen molar-refractivity contribution in [3.8, 4) is 0 Å². The molecule has 2 fully saturated rings. The summed E-state index contributed by atoms with van der Waals surface area (Å²) in [4.78, 5) is 25.1. The van der Waals surface area contributed by atoms with Crippen LogP contribution in [0.2, 0.25) is 0 Å². The highest BCUT2D eigenvalue weighted by molar-refractivity contribution is 5.71. The van der Waals surface area contributed by atoms with Gasteiger partial charge in [0.15, 0.2) is 12.1 Å². The number of carbonyl (C=O) groups excluding carboxylic acids is 1. The molecule has 19 atom stereocenters. The quantitative estimate of drug-likeness (QED) is 0.175. The summed E-state index contributed by atoms with van der Waals surface area (Å²) in [5, 5.41) is 118. The number of esters is 1. The van der Waals surface area contributed by atoms with Crippen molar-refractivity contribution in [2.75, 3.05) is 0 Å². The normalized spacial score (nSPS) is 42.3. The number of hydrogen-bond donors (Lipinski definition) is 12. The molecule has 0 spiro atoms. The second-order valence-electron chi connectivity index (χ2n) is 17.8. The van der Waals surface area contributed by atoms with Gasteiger partial charge in [0.25, 0.3) is 0 Å². The van der Waals surface area contributed by atoms with Gasteiger partial charge in [-0.05, 0) is 46.0 Å². The van der Waals surface area contributed by atoms with E-state index in [2.05, 4.69) is 0 Å². The van der Waals surface area contributed by atoms with Crippen LogP contribution in [0.15, 0.2) is 72.9 Å². The Labute approximate surface area is 381 Å². The molecule has 13 N–H and O–H groups in total. The van der Waals surface area contributed by atoms with Crippen molar-refractivity contribution in [2.45, 2.75) is 189 Å². The van der Waals surface area contributed by atoms with Crippen LogP contribution in [0.3, 0.4) is 0 Å². The van der Waals surface area contributed by atoms with Crippen LogP contribution in [0.25, 0.3) is 0 Å². The van der Waals surface area contributed by atoms with Crippen LogP contribution in [-0.2, 0) is 28.5 Å². The maximum Gasteiger partial charge on any atom is 0.311 e. The van der Waals surface area contributed by atoms with E-state index in [-0.39, 0.29) is 31.6 Å². The van der Waals surface area contributed by atoms with E-state index in [1.807, 2.05) is 49.5 Å². The smallest absolute Gasteiger partial charge is 0.311 e. The molecule has 0 radical (unpaired) electrons. The fourth-order valence-electron chi connectivity index (χ4n) is 8.13. The van der Waals surface area contributed by atoms with Gasteiger partial charge in [-0.3, -0.25) is 9.59 Å². The summed E-state index contributed by atoms with van der Waals surface area (Å²) in [5.74, 6) is -6.77. The average Bonchev–Trinajstić information content (AvgIpc) is 3.21. The summed E-state index contributed by atoms with van der Waals surface area (Å²) >= 11 is 0. The van der Waals surface area contributed by atoms with Crippen molar-refractivity contribution in [3.05, 3.63) is 72.9 Å². The summed E-state index contributed by atoms with van der Waals surface area (Å²) < 4.78 is 23.2. The molecule has 18 heteroatoms. The van der Waals surface area contributed by atoms with Crippen LogP contribution in [0.5, 0.6) is 0 Å². The number of ether oxygens (including phenoxy) is 4. The molecular weight excluding hydrogens is 851 g/mol. The Bertz CT molecular complexity index is 1620. The van der Waals surface area contributed by atoms with E-state index in [1.54, 1.807) is 38.2 Å². The number of carboxylic acids is 1. The van der Waals surface area contributed by atoms with Gasteiger partial charge < -0.3 is 80.9 Å². The zero-order valence-corrected chi connectivity index (χ0v) is 37.8. The van der Waals surface area contributed by atoms with E-state index in [4.69, 9.17) is 24.7 Å². The molecule has 0 aromatic carbocycles. The number of cyclic esters (lactones) is 1. The first-order valence-corrected chi connectivity index (χ1v) is 22.6. The number of allylic oxidation sites excluding steroid dienone is 10. The predicted octanol–water partition coefficient (Wildman–Crippen LogP) is 0.936. The van der Waals surface area contributed by atoms with Gasteiger partial charge in [-0.1, -0.05) is 86.8 Å². The summed E-state index contributed by atoms with van der Waals surface area (Å²) in [7, 11) is 0. The Balaban J connectivity index is 1.84. The van der Waals surface area contributed by atoms with E-state index >= 15 is 0 Å². The highest BCUT2D eigenvalue weighted by atomic mass is 16.7. The molecule has 0 amide bonds. The second kappa shape index (κ2) is 27.6. The molecule has 2 saturated heterocycles. The number of aliphatic carboxylic acids is 1. The Morgan fingerprint density at radius 1 is 0.692 bits per heavy atom. The minimum absolute atomic E-state index is 0.103. The largest absolute Gasteiger partial charge is 0.481 e. The first kappa shape index (κ1) is 56.1. The molecule has 0 saturated carbocycles. The molecule has 3 aliphatic heterocycles. The van der Waals surface area contributed by atoms with E-state index in [0.29, 0.717) is 0 Å². The van der Waals surface area contributed by atoms with Crippen LogP contribution in [0.4, 0.5) is 0 Å². The monoisotopic (exact) mass is 926 g/mol. The second-order valence-corrected chi connectivity index (χ2v) is 17.8. The lowest BCUT2D eigenvalue weighted by Gasteiger charge is -2.45. The Hall–Kier alpha value is -3.18. The molecule has 2 bridgehead atoms. The minimum Gasteiger partial charge on any atom is -0.481 e. The number of hydrogen-bond acceptors (Lipinski definition) is 17. The first-order valence-electron chi connectivity index (χ1n) is 22.6. The Morgan fingerprint density at radius 3 is 1.97 bits per heavy atom. The van der Waals surface area contributed by atoms with Crippen molar-refractivity contribution >= 4 is 11.9 Å². The van der Waals surface area contributed by atoms with E-state index in [1.165, 1.54) is 13.0 Å². The van der Waals surface area contributed by atoms with Gasteiger partial charge in [0.2, 0.25) is 0 Å². The molecule has 0 aromatic rings. The lowest BCUT2D eigenvalue weighted by molar-refractivity contribution is -0.308. The lowest BCUT2D eigenvalue weighted by atomic mass is 9.82. The zero-order valence-electron chi connectivity index (χ0n) is 37.8. The molecule has 3 rings (SSSR count). The van der Waals surface area contributed by atoms with Gasteiger partial charge in [-0.2, -0.15) is 0 Å². The van der Waals surface area contributed by atoms with E-state index < -0.39 is 147 Å². The molecule has 3 heterocycles. The van der Waals surface area contributed by atoms with Crippen LogP contribution in [0.1, 0.15) is 91.9 Å². The molecule has 4 unspecified atom stereocenters. The number of carbonyl (C=O) groups is 2. The molecule has 65 heavy (non-hydrogen) atoms. The highest BCUT2D eigenvalue weighted by Crippen LogP contribution is 2.38. The third-order valence-electron chi connectivity index (χ3n) is 12.2. The molecule has 0 aliphatic carbocycles. The number of aliphatic hydroxyl groups excluding tert-OH is 9. The fraction of sp³-hybridized carbons (Fsp3) is 0.702. The van der Waals surface area contributed by atoms with Crippen LogP contribution in [-0.4, -0.2) is 166 Å². The third-order valence-corrected chi connectivity index (χ3v) is 12.2. The van der Waals surface area contributed by atoms with Crippen LogP contribution < -0.4 is 5.73 Å². The Morgan fingerprint density at radius 2 is 1.31 bits per heavy atom. The molecular formula is C47H75NO17. The maximum atomic E-state index is 12.6. The highest BCUT2D eigenvalue weighted by Gasteiger charge is 2.51. The number of carboxylic acid groups (broad SMARTS) is 1. The van der Waals surface area contributed by atoms with Gasteiger partial charge in [0.05, 0.1) is 79.6 Å². The third kappa shape index (κ3) is 18.8. The van der Waals surface area contributed by atoms with Gasteiger partial charge in [0, 0.05) is 37.5 Å². The van der Waals surface area contributed by atoms with Crippen molar-refractivity contribution in [1.82, 2.24) is 0 Å². The van der Waals surface area contributed by atoms with E-state index in [9.17, 15) is 65.8 Å². The predicted molar refractivity (Wildman–Crippen MR) is 237 cm³/mol. The summed E-state index contributed by atoms with van der Waals surface area (Å²) in [6.07, 6.45) is 2.26. The fourth-order valence-corrected chi connectivity index (χ4v) is 8.13. The van der Waals surface area contributed by atoms with Gasteiger partial charge >= 0.3 is 11.9 Å².